The van der Waals surface area contributed by atoms with Crippen molar-refractivity contribution in [2.45, 2.75) is 25.7 Å². The molecule has 4 N–H and O–H groups in total. The minimum Gasteiger partial charge on any atom is -0.409 e. The molecule has 1 atom stereocenters. The Morgan fingerprint density at radius 2 is 2.27 bits per heavy atom. The van der Waals surface area contributed by atoms with E-state index in [1.54, 1.807) is 0 Å². The van der Waals surface area contributed by atoms with Crippen molar-refractivity contribution < 1.29 is 10.3 Å². The van der Waals surface area contributed by atoms with E-state index in [4.69, 9.17) is 16.0 Å². The Morgan fingerprint density at radius 3 is 2.87 bits per heavy atom. The molecule has 0 aliphatic carbocycles. The summed E-state index contributed by atoms with van der Waals surface area (Å²) in [4.78, 5) is 2.37. The molecule has 88 valence electrons. The minimum absolute atomic E-state index is 0.306. The molecule has 5 nitrogen and oxygen atoms in total. The van der Waals surface area contributed by atoms with E-state index in [0.717, 1.165) is 38.9 Å². The maximum Gasteiger partial charge on any atom is 0.139 e. The van der Waals surface area contributed by atoms with Crippen molar-refractivity contribution in [1.82, 2.24) is 4.90 Å². The Morgan fingerprint density at radius 1 is 1.47 bits per heavy atom. The van der Waals surface area contributed by atoms with E-state index < -0.39 is 0 Å². The number of rotatable bonds is 6. The molecule has 1 saturated heterocycles. The number of nitrogens with two attached hydrogens (primary N) is 1. The summed E-state index contributed by atoms with van der Waals surface area (Å²) in [6.45, 7) is 3.46. The topological polar surface area (TPSA) is 82.1 Å². The second-order valence-corrected chi connectivity index (χ2v) is 4.19. The molecule has 15 heavy (non-hydrogen) atoms. The lowest BCUT2D eigenvalue weighted by atomic mass is 10.1. The first-order chi connectivity index (χ1) is 7.26. The standard InChI is InChI=1S/C10H21N3O2/c11-10(12-15)3-1-2-5-13-6-4-9(7-13)8-14/h9,14-15H,1-8H2,(H2,11,12). The molecule has 5 heteroatoms. The van der Waals surface area contributed by atoms with Crippen LogP contribution in [-0.4, -0.2) is 47.3 Å². The van der Waals surface area contributed by atoms with Gasteiger partial charge in [-0.25, -0.2) is 0 Å². The number of aliphatic hydroxyl groups is 1. The number of nitrogens with zero attached hydrogens (tertiary/aromatic N) is 2. The molecule has 0 aromatic carbocycles. The molecule has 0 radical (unpaired) electrons. The fourth-order valence-electron chi connectivity index (χ4n) is 1.96. The van der Waals surface area contributed by atoms with Gasteiger partial charge in [0.1, 0.15) is 5.84 Å². The van der Waals surface area contributed by atoms with Crippen molar-refractivity contribution in [3.63, 3.8) is 0 Å². The quantitative estimate of drug-likeness (QED) is 0.194. The van der Waals surface area contributed by atoms with E-state index in [9.17, 15) is 0 Å². The van der Waals surface area contributed by atoms with Crippen LogP contribution in [0.5, 0.6) is 0 Å². The highest BCUT2D eigenvalue weighted by Gasteiger charge is 2.20. The number of amidine groups is 1. The molecule has 0 bridgehead atoms. The highest BCUT2D eigenvalue weighted by Crippen LogP contribution is 2.15. The van der Waals surface area contributed by atoms with Gasteiger partial charge in [0.15, 0.2) is 0 Å². The zero-order chi connectivity index (χ0) is 11.1. The third-order valence-corrected chi connectivity index (χ3v) is 2.91. The first kappa shape index (κ1) is 12.3. The summed E-state index contributed by atoms with van der Waals surface area (Å²) in [6.07, 6.45) is 3.79. The molecule has 1 aliphatic heterocycles. The predicted molar refractivity (Wildman–Crippen MR) is 58.9 cm³/mol. The van der Waals surface area contributed by atoms with Crippen molar-refractivity contribution in [2.24, 2.45) is 16.8 Å². The van der Waals surface area contributed by atoms with Crippen LogP contribution in [0.2, 0.25) is 0 Å². The van der Waals surface area contributed by atoms with Gasteiger partial charge in [-0.2, -0.15) is 0 Å². The fraction of sp³-hybridized carbons (Fsp3) is 0.900. The van der Waals surface area contributed by atoms with Gasteiger partial charge in [0.25, 0.3) is 0 Å². The summed E-state index contributed by atoms with van der Waals surface area (Å²) in [5.74, 6) is 0.777. The summed E-state index contributed by atoms with van der Waals surface area (Å²) in [5, 5.41) is 20.2. The molecule has 0 amide bonds. The lowest BCUT2D eigenvalue weighted by Crippen LogP contribution is -2.23. The van der Waals surface area contributed by atoms with Crippen LogP contribution in [0, 0.1) is 5.92 Å². The summed E-state index contributed by atoms with van der Waals surface area (Å²) >= 11 is 0. The van der Waals surface area contributed by atoms with Crippen LogP contribution < -0.4 is 5.73 Å². The SMILES string of the molecule is NC(CCCCN1CCC(CO)C1)=NO. The van der Waals surface area contributed by atoms with Gasteiger partial charge in [-0.3, -0.25) is 0 Å². The number of unbranched alkanes of at least 4 members (excludes halogenated alkanes) is 1. The number of hydrogen-bond acceptors (Lipinski definition) is 4. The van der Waals surface area contributed by atoms with Crippen LogP contribution in [0.4, 0.5) is 0 Å². The molecule has 1 heterocycles. The van der Waals surface area contributed by atoms with Crippen LogP contribution in [0.1, 0.15) is 25.7 Å². The lowest BCUT2D eigenvalue weighted by Gasteiger charge is -2.14. The van der Waals surface area contributed by atoms with Crippen molar-refractivity contribution in [3.05, 3.63) is 0 Å². The summed E-state index contributed by atoms with van der Waals surface area (Å²) in [7, 11) is 0. The van der Waals surface area contributed by atoms with Crippen LogP contribution in [0.3, 0.4) is 0 Å². The Labute approximate surface area is 90.6 Å². The highest BCUT2D eigenvalue weighted by molar-refractivity contribution is 5.79. The molecular weight excluding hydrogens is 194 g/mol. The fourth-order valence-corrected chi connectivity index (χ4v) is 1.96. The molecule has 1 fully saturated rings. The maximum absolute atomic E-state index is 8.97. The van der Waals surface area contributed by atoms with Crippen LogP contribution in [0.25, 0.3) is 0 Å². The van der Waals surface area contributed by atoms with Gasteiger partial charge in [-0.15, -0.1) is 0 Å². The largest absolute Gasteiger partial charge is 0.409 e. The molecule has 1 unspecified atom stereocenters. The van der Waals surface area contributed by atoms with E-state index in [1.807, 2.05) is 0 Å². The predicted octanol–water partition coefficient (Wildman–Crippen LogP) is 0.217. The summed E-state index contributed by atoms with van der Waals surface area (Å²) in [5.41, 5.74) is 5.36. The second kappa shape index (κ2) is 6.63. The smallest absolute Gasteiger partial charge is 0.139 e. The Hall–Kier alpha value is -0.810. The van der Waals surface area contributed by atoms with Gasteiger partial charge in [0.2, 0.25) is 0 Å². The zero-order valence-corrected chi connectivity index (χ0v) is 9.10. The highest BCUT2D eigenvalue weighted by atomic mass is 16.4. The van der Waals surface area contributed by atoms with E-state index in [2.05, 4.69) is 10.1 Å². The lowest BCUT2D eigenvalue weighted by molar-refractivity contribution is 0.221. The second-order valence-electron chi connectivity index (χ2n) is 4.19. The normalized spacial score (nSPS) is 23.5. The van der Waals surface area contributed by atoms with Crippen LogP contribution in [-0.2, 0) is 0 Å². The van der Waals surface area contributed by atoms with Gasteiger partial charge >= 0.3 is 0 Å². The molecule has 0 spiro atoms. The van der Waals surface area contributed by atoms with E-state index in [-0.39, 0.29) is 0 Å². The number of likely N-dealkylation sites (tertiary alicyclic amines) is 1. The minimum atomic E-state index is 0.306. The van der Waals surface area contributed by atoms with Gasteiger partial charge in [-0.1, -0.05) is 5.16 Å². The molecule has 1 aliphatic rings. The average Bonchev–Trinajstić information content (AvgIpc) is 2.72. The zero-order valence-electron chi connectivity index (χ0n) is 9.10. The average molecular weight is 215 g/mol. The summed E-state index contributed by atoms with van der Waals surface area (Å²) in [6, 6.07) is 0. The molecule has 1 rings (SSSR count). The molecule has 0 aromatic rings. The van der Waals surface area contributed by atoms with Gasteiger partial charge in [0.05, 0.1) is 0 Å². The third kappa shape index (κ3) is 4.48. The molecule has 0 saturated carbocycles. The first-order valence-electron chi connectivity index (χ1n) is 5.56. The first-order valence-corrected chi connectivity index (χ1v) is 5.56. The van der Waals surface area contributed by atoms with E-state index in [1.165, 1.54) is 0 Å². The van der Waals surface area contributed by atoms with Crippen molar-refractivity contribution >= 4 is 5.84 Å². The van der Waals surface area contributed by atoms with E-state index in [0.29, 0.717) is 24.8 Å². The van der Waals surface area contributed by atoms with Gasteiger partial charge in [-0.05, 0) is 38.3 Å². The molecular formula is C10H21N3O2. The Kier molecular flexibility index (Phi) is 5.42. The molecule has 0 aromatic heterocycles. The Bertz CT molecular complexity index is 209. The van der Waals surface area contributed by atoms with Crippen molar-refractivity contribution in [1.29, 1.82) is 0 Å². The van der Waals surface area contributed by atoms with Gasteiger partial charge in [0, 0.05) is 19.6 Å². The number of hydrogen-bond donors (Lipinski definition) is 3. The number of oxime groups is 1. The Balaban J connectivity index is 2.01. The van der Waals surface area contributed by atoms with Crippen LogP contribution in [0.15, 0.2) is 5.16 Å². The number of aliphatic hydroxyl groups excluding tert-OH is 1. The monoisotopic (exact) mass is 215 g/mol. The van der Waals surface area contributed by atoms with Crippen molar-refractivity contribution in [2.75, 3.05) is 26.2 Å². The van der Waals surface area contributed by atoms with Gasteiger partial charge < -0.3 is 20.9 Å². The maximum atomic E-state index is 8.97. The van der Waals surface area contributed by atoms with Crippen LogP contribution >= 0.6 is 0 Å². The third-order valence-electron chi connectivity index (χ3n) is 2.91. The summed E-state index contributed by atoms with van der Waals surface area (Å²) < 4.78 is 0. The van der Waals surface area contributed by atoms with Crippen molar-refractivity contribution in [3.8, 4) is 0 Å². The van der Waals surface area contributed by atoms with E-state index >= 15 is 0 Å².